The Morgan fingerprint density at radius 2 is 2.00 bits per heavy atom. The van der Waals surface area contributed by atoms with Gasteiger partial charge in [0.05, 0.1) is 5.39 Å². The SMILES string of the molecule is c1csc(-c2ccc3c(c2)C2(CCNCC2)CN3c2ncnc3[nH]ccc23)c1. The van der Waals surface area contributed by atoms with Crippen LogP contribution in [0.25, 0.3) is 21.5 Å². The Morgan fingerprint density at radius 1 is 1.07 bits per heavy atom. The molecule has 5 nitrogen and oxygen atoms in total. The van der Waals surface area contributed by atoms with Gasteiger partial charge in [-0.15, -0.1) is 11.3 Å². The first-order valence-electron chi connectivity index (χ1n) is 9.79. The van der Waals surface area contributed by atoms with Crippen LogP contribution < -0.4 is 10.2 Å². The monoisotopic (exact) mass is 387 g/mol. The molecule has 1 aromatic carbocycles. The van der Waals surface area contributed by atoms with Crippen molar-refractivity contribution in [2.75, 3.05) is 24.5 Å². The molecule has 2 N–H and O–H groups in total. The second-order valence-electron chi connectivity index (χ2n) is 7.76. The third kappa shape index (κ3) is 2.34. The Hall–Kier alpha value is -2.70. The van der Waals surface area contributed by atoms with E-state index < -0.39 is 0 Å². The van der Waals surface area contributed by atoms with Gasteiger partial charge in [-0.1, -0.05) is 12.1 Å². The lowest BCUT2D eigenvalue weighted by atomic mass is 9.74. The highest BCUT2D eigenvalue weighted by atomic mass is 32.1. The number of aromatic amines is 1. The summed E-state index contributed by atoms with van der Waals surface area (Å²) >= 11 is 1.81. The van der Waals surface area contributed by atoms with Crippen LogP contribution in [0.15, 0.2) is 54.3 Å². The second-order valence-corrected chi connectivity index (χ2v) is 8.71. The predicted octanol–water partition coefficient (Wildman–Crippen LogP) is 4.46. The highest BCUT2D eigenvalue weighted by Gasteiger charge is 2.44. The van der Waals surface area contributed by atoms with Crippen LogP contribution >= 0.6 is 11.3 Å². The largest absolute Gasteiger partial charge is 0.346 e. The summed E-state index contributed by atoms with van der Waals surface area (Å²) in [6.07, 6.45) is 5.93. The maximum atomic E-state index is 4.69. The van der Waals surface area contributed by atoms with E-state index in [0.29, 0.717) is 0 Å². The molecular formula is C22H21N5S. The van der Waals surface area contributed by atoms with Crippen molar-refractivity contribution in [3.63, 3.8) is 0 Å². The van der Waals surface area contributed by atoms with Crippen molar-refractivity contribution in [1.82, 2.24) is 20.3 Å². The molecule has 0 saturated carbocycles. The number of piperidine rings is 1. The Bertz CT molecular complexity index is 1140. The molecule has 3 aromatic heterocycles. The minimum atomic E-state index is 0.182. The van der Waals surface area contributed by atoms with E-state index in [9.17, 15) is 0 Å². The van der Waals surface area contributed by atoms with Crippen LogP contribution in [0.1, 0.15) is 18.4 Å². The van der Waals surface area contributed by atoms with Gasteiger partial charge in [-0.3, -0.25) is 0 Å². The number of rotatable bonds is 2. The number of thiophene rings is 1. The Morgan fingerprint density at radius 3 is 2.86 bits per heavy atom. The molecule has 2 aliphatic rings. The van der Waals surface area contributed by atoms with Gasteiger partial charge < -0.3 is 15.2 Å². The average Bonchev–Trinajstić information content (AvgIpc) is 3.48. The molecule has 6 heteroatoms. The lowest BCUT2D eigenvalue weighted by Gasteiger charge is -2.35. The molecule has 1 saturated heterocycles. The minimum Gasteiger partial charge on any atom is -0.346 e. The zero-order valence-electron chi connectivity index (χ0n) is 15.5. The van der Waals surface area contributed by atoms with E-state index in [1.165, 1.54) is 21.7 Å². The first-order chi connectivity index (χ1) is 13.8. The number of hydrogen-bond acceptors (Lipinski definition) is 5. The molecule has 0 unspecified atom stereocenters. The van der Waals surface area contributed by atoms with Gasteiger partial charge in [0.25, 0.3) is 0 Å². The zero-order chi connectivity index (χ0) is 18.6. The third-order valence-electron chi connectivity index (χ3n) is 6.27. The van der Waals surface area contributed by atoms with Crippen LogP contribution in [0.4, 0.5) is 11.5 Å². The molecule has 1 fully saturated rings. The first-order valence-corrected chi connectivity index (χ1v) is 10.7. The molecule has 0 atom stereocenters. The first kappa shape index (κ1) is 16.3. The zero-order valence-corrected chi connectivity index (χ0v) is 16.3. The van der Waals surface area contributed by atoms with E-state index in [4.69, 9.17) is 4.98 Å². The number of H-pyrrole nitrogens is 1. The van der Waals surface area contributed by atoms with Gasteiger partial charge >= 0.3 is 0 Å². The third-order valence-corrected chi connectivity index (χ3v) is 7.19. The van der Waals surface area contributed by atoms with Crippen molar-refractivity contribution < 1.29 is 0 Å². The molecule has 1 spiro atoms. The topological polar surface area (TPSA) is 56.8 Å². The van der Waals surface area contributed by atoms with Crippen LogP contribution in [0.2, 0.25) is 0 Å². The summed E-state index contributed by atoms with van der Waals surface area (Å²) < 4.78 is 0. The summed E-state index contributed by atoms with van der Waals surface area (Å²) in [6.45, 7) is 3.12. The van der Waals surface area contributed by atoms with Gasteiger partial charge in [0.15, 0.2) is 0 Å². The predicted molar refractivity (Wildman–Crippen MR) is 114 cm³/mol. The molecule has 4 aromatic rings. The van der Waals surface area contributed by atoms with Gasteiger partial charge in [0.2, 0.25) is 0 Å². The summed E-state index contributed by atoms with van der Waals surface area (Å²) in [6, 6.07) is 13.4. The van der Waals surface area contributed by atoms with Crippen molar-refractivity contribution in [3.05, 3.63) is 59.9 Å². The van der Waals surface area contributed by atoms with Gasteiger partial charge in [0.1, 0.15) is 17.8 Å². The molecule has 140 valence electrons. The molecule has 0 amide bonds. The van der Waals surface area contributed by atoms with Crippen molar-refractivity contribution >= 4 is 33.9 Å². The fourth-order valence-corrected chi connectivity index (χ4v) is 5.58. The number of anilines is 2. The van der Waals surface area contributed by atoms with E-state index in [1.54, 1.807) is 17.7 Å². The van der Waals surface area contributed by atoms with Crippen molar-refractivity contribution in [2.45, 2.75) is 18.3 Å². The smallest absolute Gasteiger partial charge is 0.145 e. The van der Waals surface area contributed by atoms with E-state index in [-0.39, 0.29) is 5.41 Å². The fourth-order valence-electron chi connectivity index (χ4n) is 4.86. The number of benzene rings is 1. The Kier molecular flexibility index (Phi) is 3.58. The standard InChI is InChI=1S/C22H21N5S/c1-2-19(28-11-1)15-3-4-18-17(12-15)22(6-9-23-10-7-22)13-27(18)21-16-5-8-24-20(16)25-14-26-21/h1-5,8,11-12,14,23H,6-7,9-10,13H2,(H,24,25,26). The molecule has 0 bridgehead atoms. The molecule has 28 heavy (non-hydrogen) atoms. The number of fused-ring (bicyclic) bond motifs is 3. The quantitative estimate of drug-likeness (QED) is 0.533. The lowest BCUT2D eigenvalue weighted by Crippen LogP contribution is -2.42. The van der Waals surface area contributed by atoms with E-state index in [0.717, 1.165) is 49.3 Å². The highest BCUT2D eigenvalue weighted by molar-refractivity contribution is 7.13. The summed E-state index contributed by atoms with van der Waals surface area (Å²) in [7, 11) is 0. The number of nitrogens with zero attached hydrogens (tertiary/aromatic N) is 3. The van der Waals surface area contributed by atoms with E-state index in [1.807, 2.05) is 6.20 Å². The molecule has 0 aliphatic carbocycles. The van der Waals surface area contributed by atoms with Crippen LogP contribution in [0.5, 0.6) is 0 Å². The maximum Gasteiger partial charge on any atom is 0.145 e. The molecular weight excluding hydrogens is 366 g/mol. The highest BCUT2D eigenvalue weighted by Crippen LogP contribution is 2.50. The number of nitrogens with one attached hydrogen (secondary N) is 2. The van der Waals surface area contributed by atoms with Crippen LogP contribution in [-0.2, 0) is 5.41 Å². The molecule has 6 rings (SSSR count). The van der Waals surface area contributed by atoms with Crippen molar-refractivity contribution in [3.8, 4) is 10.4 Å². The van der Waals surface area contributed by atoms with Gasteiger partial charge in [0, 0.05) is 28.7 Å². The number of hydrogen-bond donors (Lipinski definition) is 2. The fraction of sp³-hybridized carbons (Fsp3) is 0.273. The Balaban J connectivity index is 1.54. The van der Waals surface area contributed by atoms with Crippen LogP contribution in [-0.4, -0.2) is 34.6 Å². The lowest BCUT2D eigenvalue weighted by molar-refractivity contribution is 0.329. The number of aromatic nitrogens is 3. The summed E-state index contributed by atoms with van der Waals surface area (Å²) in [5.41, 5.74) is 5.17. The Labute approximate surface area is 167 Å². The minimum absolute atomic E-state index is 0.182. The van der Waals surface area contributed by atoms with E-state index in [2.05, 4.69) is 62.0 Å². The molecule has 2 aliphatic heterocycles. The summed E-state index contributed by atoms with van der Waals surface area (Å²) in [5.74, 6) is 1.01. The summed E-state index contributed by atoms with van der Waals surface area (Å²) in [5, 5.41) is 6.78. The normalized spacial score (nSPS) is 18.1. The van der Waals surface area contributed by atoms with Crippen LogP contribution in [0, 0.1) is 0 Å². The van der Waals surface area contributed by atoms with Gasteiger partial charge in [-0.2, -0.15) is 0 Å². The maximum absolute atomic E-state index is 4.69. The average molecular weight is 388 g/mol. The van der Waals surface area contributed by atoms with E-state index >= 15 is 0 Å². The second kappa shape index (κ2) is 6.15. The van der Waals surface area contributed by atoms with Crippen molar-refractivity contribution in [2.24, 2.45) is 0 Å². The van der Waals surface area contributed by atoms with Crippen LogP contribution in [0.3, 0.4) is 0 Å². The van der Waals surface area contributed by atoms with Crippen molar-refractivity contribution in [1.29, 1.82) is 0 Å². The molecule has 5 heterocycles. The molecule has 0 radical (unpaired) electrons. The van der Waals surface area contributed by atoms with Gasteiger partial charge in [-0.05, 0) is 66.7 Å². The van der Waals surface area contributed by atoms with Gasteiger partial charge in [-0.25, -0.2) is 9.97 Å². The summed E-state index contributed by atoms with van der Waals surface area (Å²) in [4.78, 5) is 16.0.